The number of benzene rings is 2. The molecule has 9 nitrogen and oxygen atoms in total. The molecule has 3 heterocycles. The van der Waals surface area contributed by atoms with Gasteiger partial charge in [0.05, 0.1) is 32.1 Å². The third-order valence-corrected chi connectivity index (χ3v) is 6.99. The number of anilines is 1. The molecule has 0 amide bonds. The summed E-state index contributed by atoms with van der Waals surface area (Å²) in [5.74, 6) is 0.296. The Kier molecular flexibility index (Phi) is 6.74. The second-order valence-corrected chi connectivity index (χ2v) is 9.08. The molecule has 4 N–H and O–H groups in total. The molecule has 36 heavy (non-hydrogen) atoms. The van der Waals surface area contributed by atoms with Gasteiger partial charge in [0, 0.05) is 0 Å². The van der Waals surface area contributed by atoms with Crippen LogP contribution in [0.1, 0.15) is 23.7 Å². The predicted octanol–water partition coefficient (Wildman–Crippen LogP) is 2.45. The van der Waals surface area contributed by atoms with Crippen molar-refractivity contribution in [3.8, 4) is 0 Å². The number of nitrogens with two attached hydrogens (primary N) is 1. The summed E-state index contributed by atoms with van der Waals surface area (Å²) in [5, 5.41) is 25.6. The largest absolute Gasteiger partial charge is 0.394 e. The van der Waals surface area contributed by atoms with E-state index in [0.29, 0.717) is 17.0 Å². The van der Waals surface area contributed by atoms with Gasteiger partial charge in [-0.2, -0.15) is 5.10 Å². The average molecular weight is 491 g/mol. The van der Waals surface area contributed by atoms with E-state index in [1.165, 1.54) is 6.33 Å². The zero-order chi connectivity index (χ0) is 25.2. The SMILES string of the molecule is C[C@@]1(OCc2ccccc2)[C@H](OCc2ccccc2)[C@@H](CO)O[C@@]1(CO)c1ccc2c(N)ncnn12. The van der Waals surface area contributed by atoms with Gasteiger partial charge in [-0.15, -0.1) is 0 Å². The maximum absolute atomic E-state index is 10.9. The van der Waals surface area contributed by atoms with Crippen LogP contribution < -0.4 is 5.73 Å². The van der Waals surface area contributed by atoms with E-state index in [2.05, 4.69) is 10.1 Å². The molecule has 4 aromatic rings. The van der Waals surface area contributed by atoms with Gasteiger partial charge in [-0.1, -0.05) is 60.7 Å². The lowest BCUT2D eigenvalue weighted by atomic mass is 9.79. The van der Waals surface area contributed by atoms with Crippen molar-refractivity contribution in [1.82, 2.24) is 14.6 Å². The fourth-order valence-electron chi connectivity index (χ4n) is 5.04. The summed E-state index contributed by atoms with van der Waals surface area (Å²) in [7, 11) is 0. The molecule has 2 aromatic heterocycles. The number of hydrogen-bond donors (Lipinski definition) is 3. The lowest BCUT2D eigenvalue weighted by molar-refractivity contribution is -0.203. The summed E-state index contributed by atoms with van der Waals surface area (Å²) in [6.45, 7) is 1.59. The molecular weight excluding hydrogens is 460 g/mol. The summed E-state index contributed by atoms with van der Waals surface area (Å²) in [4.78, 5) is 4.06. The molecule has 2 aromatic carbocycles. The Hall–Kier alpha value is -3.34. The molecule has 0 saturated carbocycles. The smallest absolute Gasteiger partial charge is 0.165 e. The Labute approximate surface area is 209 Å². The highest BCUT2D eigenvalue weighted by atomic mass is 16.6. The van der Waals surface area contributed by atoms with Crippen LogP contribution in [0.25, 0.3) is 5.52 Å². The lowest BCUT2D eigenvalue weighted by Gasteiger charge is -2.42. The maximum atomic E-state index is 10.9. The van der Waals surface area contributed by atoms with Crippen molar-refractivity contribution in [1.29, 1.82) is 0 Å². The van der Waals surface area contributed by atoms with Crippen LogP contribution in [-0.2, 0) is 33.0 Å². The highest BCUT2D eigenvalue weighted by Gasteiger charge is 2.66. The first-order valence-electron chi connectivity index (χ1n) is 11.8. The van der Waals surface area contributed by atoms with Crippen LogP contribution in [0, 0.1) is 0 Å². The molecule has 4 atom stereocenters. The number of nitrogens with zero attached hydrogens (tertiary/aromatic N) is 3. The van der Waals surface area contributed by atoms with E-state index in [9.17, 15) is 10.2 Å². The molecule has 1 aliphatic rings. The molecule has 0 spiro atoms. The summed E-state index contributed by atoms with van der Waals surface area (Å²) in [6.07, 6.45) is -0.143. The Balaban J connectivity index is 1.59. The van der Waals surface area contributed by atoms with Crippen molar-refractivity contribution in [3.63, 3.8) is 0 Å². The van der Waals surface area contributed by atoms with Gasteiger partial charge in [-0.05, 0) is 30.2 Å². The molecule has 188 valence electrons. The minimum absolute atomic E-state index is 0.242. The van der Waals surface area contributed by atoms with Crippen molar-refractivity contribution in [2.24, 2.45) is 0 Å². The van der Waals surface area contributed by atoms with Gasteiger partial charge < -0.3 is 30.2 Å². The molecule has 1 fully saturated rings. The van der Waals surface area contributed by atoms with Crippen molar-refractivity contribution >= 4 is 11.3 Å². The topological polar surface area (TPSA) is 124 Å². The number of aliphatic hydroxyl groups is 2. The minimum Gasteiger partial charge on any atom is -0.394 e. The molecule has 0 bridgehead atoms. The Morgan fingerprint density at radius 3 is 2.28 bits per heavy atom. The summed E-state index contributed by atoms with van der Waals surface area (Å²) in [5.41, 5.74) is 6.43. The number of rotatable bonds is 9. The molecule has 1 saturated heterocycles. The number of fused-ring (bicyclic) bond motifs is 1. The van der Waals surface area contributed by atoms with Crippen LogP contribution >= 0.6 is 0 Å². The van der Waals surface area contributed by atoms with E-state index < -0.39 is 30.0 Å². The van der Waals surface area contributed by atoms with Crippen molar-refractivity contribution in [2.45, 2.75) is 43.5 Å². The first-order valence-corrected chi connectivity index (χ1v) is 11.8. The zero-order valence-corrected chi connectivity index (χ0v) is 20.0. The van der Waals surface area contributed by atoms with Gasteiger partial charge >= 0.3 is 0 Å². The number of nitrogen functional groups attached to an aromatic ring is 1. The van der Waals surface area contributed by atoms with E-state index in [4.69, 9.17) is 19.9 Å². The molecular formula is C27H30N4O5. The van der Waals surface area contributed by atoms with E-state index in [0.717, 1.165) is 11.1 Å². The number of aliphatic hydroxyl groups excluding tert-OH is 2. The minimum atomic E-state index is -1.43. The van der Waals surface area contributed by atoms with E-state index in [1.54, 1.807) is 16.6 Å². The Morgan fingerprint density at radius 1 is 0.972 bits per heavy atom. The second-order valence-electron chi connectivity index (χ2n) is 9.08. The van der Waals surface area contributed by atoms with E-state index >= 15 is 0 Å². The first kappa shape index (κ1) is 24.4. The summed E-state index contributed by atoms with van der Waals surface area (Å²) < 4.78 is 21.1. The average Bonchev–Trinajstić information content (AvgIpc) is 3.46. The molecule has 0 unspecified atom stereocenters. The summed E-state index contributed by atoms with van der Waals surface area (Å²) >= 11 is 0. The van der Waals surface area contributed by atoms with Crippen molar-refractivity contribution in [2.75, 3.05) is 18.9 Å². The fraction of sp³-hybridized carbons (Fsp3) is 0.333. The van der Waals surface area contributed by atoms with Gasteiger partial charge in [0.1, 0.15) is 29.7 Å². The zero-order valence-electron chi connectivity index (χ0n) is 20.0. The number of aromatic nitrogens is 3. The Morgan fingerprint density at radius 2 is 1.64 bits per heavy atom. The number of hydrogen-bond acceptors (Lipinski definition) is 8. The second kappa shape index (κ2) is 9.96. The predicted molar refractivity (Wildman–Crippen MR) is 133 cm³/mol. The van der Waals surface area contributed by atoms with Gasteiger partial charge in [0.15, 0.2) is 11.4 Å². The van der Waals surface area contributed by atoms with Gasteiger partial charge in [-0.3, -0.25) is 0 Å². The van der Waals surface area contributed by atoms with E-state index in [-0.39, 0.29) is 19.8 Å². The standard InChI is InChI=1S/C27H30N4O5/c1-26(35-16-20-10-6-3-7-11-20)24(34-15-19-8-4-2-5-9-19)22(14-32)36-27(26,17-33)23-13-12-21-25(28)29-18-30-31(21)23/h2-13,18,22,24,32-33H,14-17H2,1H3,(H2,28,29,30)/t22-,24-,26-,27+/m1/s1. The van der Waals surface area contributed by atoms with Crippen LogP contribution in [0.2, 0.25) is 0 Å². The maximum Gasteiger partial charge on any atom is 0.165 e. The number of ether oxygens (including phenoxy) is 3. The van der Waals surface area contributed by atoms with Crippen molar-refractivity contribution < 1.29 is 24.4 Å². The lowest BCUT2D eigenvalue weighted by Crippen LogP contribution is -2.57. The van der Waals surface area contributed by atoms with Crippen LogP contribution in [-0.4, -0.2) is 55.8 Å². The highest BCUT2D eigenvalue weighted by molar-refractivity contribution is 5.65. The van der Waals surface area contributed by atoms with Crippen LogP contribution in [0.5, 0.6) is 0 Å². The van der Waals surface area contributed by atoms with Crippen LogP contribution in [0.4, 0.5) is 5.82 Å². The summed E-state index contributed by atoms with van der Waals surface area (Å²) in [6, 6.07) is 23.0. The molecule has 0 radical (unpaired) electrons. The van der Waals surface area contributed by atoms with Crippen molar-refractivity contribution in [3.05, 3.63) is 95.9 Å². The highest BCUT2D eigenvalue weighted by Crippen LogP contribution is 2.51. The first-order chi connectivity index (χ1) is 17.5. The Bertz CT molecular complexity index is 1300. The molecule has 0 aliphatic carbocycles. The van der Waals surface area contributed by atoms with Crippen LogP contribution in [0.15, 0.2) is 79.1 Å². The normalized spacial score (nSPS) is 26.0. The molecule has 9 heteroatoms. The van der Waals surface area contributed by atoms with Gasteiger partial charge in [0.2, 0.25) is 0 Å². The van der Waals surface area contributed by atoms with E-state index in [1.807, 2.05) is 67.6 Å². The third-order valence-electron chi connectivity index (χ3n) is 6.99. The molecule has 5 rings (SSSR count). The quantitative estimate of drug-likeness (QED) is 0.327. The molecule has 1 aliphatic heterocycles. The monoisotopic (exact) mass is 490 g/mol. The fourth-order valence-corrected chi connectivity index (χ4v) is 5.04. The van der Waals surface area contributed by atoms with Gasteiger partial charge in [0.25, 0.3) is 0 Å². The van der Waals surface area contributed by atoms with Crippen LogP contribution in [0.3, 0.4) is 0 Å². The third kappa shape index (κ3) is 4.04. The van der Waals surface area contributed by atoms with Gasteiger partial charge in [-0.25, -0.2) is 9.50 Å².